The van der Waals surface area contributed by atoms with Crippen molar-refractivity contribution in [3.8, 4) is 0 Å². The van der Waals surface area contributed by atoms with E-state index in [-0.39, 0.29) is 12.5 Å². The molecule has 1 saturated heterocycles. The highest BCUT2D eigenvalue weighted by Gasteiger charge is 2.35. The molecule has 126 valence electrons. The molecule has 0 radical (unpaired) electrons. The molecular weight excluding hydrogens is 344 g/mol. The topological polar surface area (TPSA) is 67.3 Å². The van der Waals surface area contributed by atoms with Crippen LogP contribution in [0.4, 0.5) is 0 Å². The summed E-state index contributed by atoms with van der Waals surface area (Å²) >= 11 is 1.44. The minimum Gasteiger partial charge on any atom is -0.341 e. The second kappa shape index (κ2) is 7.36. The number of aromatic nitrogens is 1. The molecule has 7 heteroatoms. The molecule has 0 bridgehead atoms. The normalized spacial score (nSPS) is 17.8. The van der Waals surface area contributed by atoms with E-state index in [9.17, 15) is 13.2 Å². The van der Waals surface area contributed by atoms with E-state index in [1.54, 1.807) is 47.6 Å². The number of hydrogen-bond donors (Lipinski definition) is 0. The van der Waals surface area contributed by atoms with Crippen LogP contribution < -0.4 is 0 Å². The summed E-state index contributed by atoms with van der Waals surface area (Å²) in [5.41, 5.74) is 0. The Kier molecular flexibility index (Phi) is 5.20. The number of carbonyl (C=O) groups is 1. The van der Waals surface area contributed by atoms with Gasteiger partial charge in [-0.05, 0) is 30.7 Å². The molecule has 5 nitrogen and oxygen atoms in total. The zero-order valence-corrected chi connectivity index (χ0v) is 14.7. The van der Waals surface area contributed by atoms with Crippen LogP contribution in [0.15, 0.2) is 64.6 Å². The Bertz CT molecular complexity index is 795. The maximum absolute atomic E-state index is 12.6. The highest BCUT2D eigenvalue weighted by Crippen LogP contribution is 2.25. The van der Waals surface area contributed by atoms with Crippen molar-refractivity contribution in [1.82, 2.24) is 9.88 Å². The zero-order chi connectivity index (χ0) is 17.0. The van der Waals surface area contributed by atoms with Gasteiger partial charge in [0.1, 0.15) is 0 Å². The van der Waals surface area contributed by atoms with Crippen molar-refractivity contribution in [1.29, 1.82) is 0 Å². The van der Waals surface area contributed by atoms with Crippen LogP contribution in [0.1, 0.15) is 6.42 Å². The van der Waals surface area contributed by atoms with Gasteiger partial charge < -0.3 is 4.90 Å². The first-order valence-corrected chi connectivity index (χ1v) is 10.2. The Balaban J connectivity index is 1.60. The molecule has 3 rings (SSSR count). The SMILES string of the molecule is O=C(CSc1ccncc1)N1CCC(S(=O)(=O)c2ccccc2)C1. The number of benzene rings is 1. The number of hydrogen-bond acceptors (Lipinski definition) is 5. The van der Waals surface area contributed by atoms with E-state index < -0.39 is 15.1 Å². The van der Waals surface area contributed by atoms with Gasteiger partial charge in [-0.25, -0.2) is 8.42 Å². The highest BCUT2D eigenvalue weighted by molar-refractivity contribution is 8.00. The zero-order valence-electron chi connectivity index (χ0n) is 13.0. The van der Waals surface area contributed by atoms with Gasteiger partial charge in [0.05, 0.1) is 15.9 Å². The van der Waals surface area contributed by atoms with E-state index in [1.807, 2.05) is 12.1 Å². The van der Waals surface area contributed by atoms with Gasteiger partial charge in [0.15, 0.2) is 9.84 Å². The molecule has 2 heterocycles. The standard InChI is InChI=1S/C17H18N2O3S2/c20-17(13-23-14-6-9-18-10-7-14)19-11-8-16(12-19)24(21,22)15-4-2-1-3-5-15/h1-7,9-10,16H,8,11-13H2. The number of thioether (sulfide) groups is 1. The van der Waals surface area contributed by atoms with Crippen LogP contribution in [0.25, 0.3) is 0 Å². The number of rotatable bonds is 5. The van der Waals surface area contributed by atoms with Crippen LogP contribution in [0.5, 0.6) is 0 Å². The number of nitrogens with zero attached hydrogens (tertiary/aromatic N) is 2. The largest absolute Gasteiger partial charge is 0.341 e. The van der Waals surface area contributed by atoms with E-state index in [0.29, 0.717) is 23.6 Å². The molecule has 2 aromatic rings. The third kappa shape index (κ3) is 3.79. The summed E-state index contributed by atoms with van der Waals surface area (Å²) in [5, 5.41) is -0.519. The molecule has 0 aliphatic carbocycles. The smallest absolute Gasteiger partial charge is 0.232 e. The highest BCUT2D eigenvalue weighted by atomic mass is 32.2. The fraction of sp³-hybridized carbons (Fsp3) is 0.294. The molecule has 24 heavy (non-hydrogen) atoms. The second-order valence-electron chi connectivity index (χ2n) is 5.58. The van der Waals surface area contributed by atoms with Crippen molar-refractivity contribution in [2.45, 2.75) is 21.5 Å². The van der Waals surface area contributed by atoms with Gasteiger partial charge in [-0.1, -0.05) is 18.2 Å². The van der Waals surface area contributed by atoms with Crippen molar-refractivity contribution >= 4 is 27.5 Å². The first-order chi connectivity index (χ1) is 11.6. The second-order valence-corrected chi connectivity index (χ2v) is 8.86. The summed E-state index contributed by atoms with van der Waals surface area (Å²) in [4.78, 5) is 19.2. The molecule has 1 atom stereocenters. The quantitative estimate of drug-likeness (QED) is 0.763. The minimum atomic E-state index is -3.38. The third-order valence-electron chi connectivity index (χ3n) is 4.02. The van der Waals surface area contributed by atoms with Crippen LogP contribution in [0.3, 0.4) is 0 Å². The number of sulfone groups is 1. The fourth-order valence-corrected chi connectivity index (χ4v) is 5.18. The number of amides is 1. The summed E-state index contributed by atoms with van der Waals surface area (Å²) in [6, 6.07) is 12.2. The average molecular weight is 362 g/mol. The maximum atomic E-state index is 12.6. The van der Waals surface area contributed by atoms with E-state index in [1.165, 1.54) is 11.8 Å². The first-order valence-electron chi connectivity index (χ1n) is 7.67. The van der Waals surface area contributed by atoms with Gasteiger partial charge in [0.25, 0.3) is 0 Å². The Morgan fingerprint density at radius 3 is 2.58 bits per heavy atom. The molecule has 1 aliphatic heterocycles. The van der Waals surface area contributed by atoms with E-state index >= 15 is 0 Å². The van der Waals surface area contributed by atoms with E-state index in [4.69, 9.17) is 0 Å². The van der Waals surface area contributed by atoms with Crippen LogP contribution >= 0.6 is 11.8 Å². The fourth-order valence-electron chi connectivity index (χ4n) is 2.68. The van der Waals surface area contributed by atoms with Crippen LogP contribution in [0, 0.1) is 0 Å². The summed E-state index contributed by atoms with van der Waals surface area (Å²) in [7, 11) is -3.38. The molecular formula is C17H18N2O3S2. The summed E-state index contributed by atoms with van der Waals surface area (Å²) < 4.78 is 25.3. The minimum absolute atomic E-state index is 0.0254. The monoisotopic (exact) mass is 362 g/mol. The summed E-state index contributed by atoms with van der Waals surface area (Å²) in [6.07, 6.45) is 3.86. The molecule has 0 saturated carbocycles. The molecule has 1 unspecified atom stereocenters. The molecule has 1 aromatic heterocycles. The van der Waals surface area contributed by atoms with Crippen molar-refractivity contribution < 1.29 is 13.2 Å². The maximum Gasteiger partial charge on any atom is 0.232 e. The number of pyridine rings is 1. The summed E-state index contributed by atoms with van der Waals surface area (Å²) in [5.74, 6) is 0.282. The Morgan fingerprint density at radius 1 is 1.17 bits per heavy atom. The molecule has 1 amide bonds. The first kappa shape index (κ1) is 17.0. The number of likely N-dealkylation sites (tertiary alicyclic amines) is 1. The Morgan fingerprint density at radius 2 is 1.88 bits per heavy atom. The molecule has 1 fully saturated rings. The van der Waals surface area contributed by atoms with Crippen molar-refractivity contribution in [3.05, 3.63) is 54.9 Å². The van der Waals surface area contributed by atoms with Gasteiger partial charge in [0.2, 0.25) is 5.91 Å². The predicted molar refractivity (Wildman–Crippen MR) is 93.6 cm³/mol. The van der Waals surface area contributed by atoms with Crippen molar-refractivity contribution in [3.63, 3.8) is 0 Å². The van der Waals surface area contributed by atoms with Gasteiger partial charge in [0, 0.05) is 30.4 Å². The van der Waals surface area contributed by atoms with E-state index in [2.05, 4.69) is 4.98 Å². The molecule has 1 aromatic carbocycles. The van der Waals surface area contributed by atoms with Gasteiger partial charge in [-0.3, -0.25) is 9.78 Å². The third-order valence-corrected chi connectivity index (χ3v) is 7.21. The lowest BCUT2D eigenvalue weighted by Crippen LogP contribution is -2.33. The Labute approximate surface area is 146 Å². The molecule has 0 spiro atoms. The number of carbonyl (C=O) groups excluding carboxylic acids is 1. The van der Waals surface area contributed by atoms with Crippen LogP contribution in [0.2, 0.25) is 0 Å². The lowest BCUT2D eigenvalue weighted by molar-refractivity contribution is -0.127. The van der Waals surface area contributed by atoms with Crippen LogP contribution in [-0.4, -0.2) is 48.3 Å². The van der Waals surface area contributed by atoms with E-state index in [0.717, 1.165) is 4.90 Å². The predicted octanol–water partition coefficient (Wildman–Crippen LogP) is 2.25. The summed E-state index contributed by atoms with van der Waals surface area (Å²) in [6.45, 7) is 0.763. The Hall–Kier alpha value is -1.86. The van der Waals surface area contributed by atoms with Gasteiger partial charge in [-0.15, -0.1) is 11.8 Å². The molecule has 0 N–H and O–H groups in total. The lowest BCUT2D eigenvalue weighted by atomic mass is 10.4. The van der Waals surface area contributed by atoms with Gasteiger partial charge >= 0.3 is 0 Å². The lowest BCUT2D eigenvalue weighted by Gasteiger charge is -2.16. The van der Waals surface area contributed by atoms with Crippen LogP contribution in [-0.2, 0) is 14.6 Å². The van der Waals surface area contributed by atoms with Gasteiger partial charge in [-0.2, -0.15) is 0 Å². The van der Waals surface area contributed by atoms with Crippen molar-refractivity contribution in [2.24, 2.45) is 0 Å². The van der Waals surface area contributed by atoms with Crippen molar-refractivity contribution in [2.75, 3.05) is 18.8 Å². The average Bonchev–Trinajstić information content (AvgIpc) is 3.12. The molecule has 1 aliphatic rings.